The van der Waals surface area contributed by atoms with E-state index in [2.05, 4.69) is 5.32 Å². The fraction of sp³-hybridized carbons (Fsp3) is 0.500. The first-order valence-electron chi connectivity index (χ1n) is 14.4. The number of benzene rings is 2. The van der Waals surface area contributed by atoms with Crippen molar-refractivity contribution in [3.63, 3.8) is 0 Å². The van der Waals surface area contributed by atoms with Crippen molar-refractivity contribution in [2.75, 3.05) is 25.0 Å². The zero-order chi connectivity index (χ0) is 28.5. The summed E-state index contributed by atoms with van der Waals surface area (Å²) in [6.45, 7) is 7.27. The van der Waals surface area contributed by atoms with Crippen LogP contribution in [0.3, 0.4) is 0 Å². The third-order valence-corrected chi connectivity index (χ3v) is 8.50. The number of nitrogens with one attached hydrogen (secondary N) is 1. The van der Waals surface area contributed by atoms with Gasteiger partial charge in [-0.05, 0) is 83.9 Å². The van der Waals surface area contributed by atoms with Crippen molar-refractivity contribution < 1.29 is 19.1 Å². The van der Waals surface area contributed by atoms with Crippen molar-refractivity contribution in [1.29, 1.82) is 0 Å². The Morgan fingerprint density at radius 3 is 2.25 bits per heavy atom. The van der Waals surface area contributed by atoms with E-state index in [1.807, 2.05) is 54.6 Å². The van der Waals surface area contributed by atoms with E-state index in [9.17, 15) is 14.4 Å². The van der Waals surface area contributed by atoms with Gasteiger partial charge in [0.05, 0.1) is 11.4 Å². The molecule has 2 heterocycles. The van der Waals surface area contributed by atoms with E-state index in [0.717, 1.165) is 54.8 Å². The van der Waals surface area contributed by atoms with E-state index in [1.54, 1.807) is 27.8 Å². The number of para-hydroxylation sites is 1. The normalized spacial score (nSPS) is 21.3. The summed E-state index contributed by atoms with van der Waals surface area (Å²) >= 11 is 0. The molecule has 0 unspecified atom stereocenters. The predicted molar refractivity (Wildman–Crippen MR) is 155 cm³/mol. The Hall–Kier alpha value is -3.52. The average Bonchev–Trinajstić information content (AvgIpc) is 3.04. The first-order valence-corrected chi connectivity index (χ1v) is 14.4. The number of benzodiazepines with no additional fused rings is 1. The number of ether oxygens (including phenoxy) is 1. The summed E-state index contributed by atoms with van der Waals surface area (Å²) in [7, 11) is 1.66. The van der Waals surface area contributed by atoms with Gasteiger partial charge < -0.3 is 15.0 Å². The number of hydrogen-bond acceptors (Lipinski definition) is 6. The maximum atomic E-state index is 14.2. The summed E-state index contributed by atoms with van der Waals surface area (Å²) < 4.78 is 5.74. The Bertz CT molecular complexity index is 1280. The van der Waals surface area contributed by atoms with Gasteiger partial charge in [0.15, 0.2) is 0 Å². The highest BCUT2D eigenvalue weighted by atomic mass is 16.6. The molecule has 0 aromatic heterocycles. The second-order valence-corrected chi connectivity index (χ2v) is 12.3. The number of likely N-dealkylation sites (N-methyl/N-ethyl adjacent to an activating group) is 1. The zero-order valence-electron chi connectivity index (χ0n) is 24.0. The minimum Gasteiger partial charge on any atom is -0.443 e. The van der Waals surface area contributed by atoms with Gasteiger partial charge in [0.2, 0.25) is 12.1 Å². The number of aliphatic imine (C=N–C) groups is 1. The lowest BCUT2D eigenvalue weighted by atomic mass is 9.65. The van der Waals surface area contributed by atoms with Gasteiger partial charge in [-0.25, -0.2) is 14.7 Å². The van der Waals surface area contributed by atoms with Crippen LogP contribution in [0.15, 0.2) is 59.6 Å². The zero-order valence-corrected chi connectivity index (χ0v) is 24.0. The molecule has 8 nitrogen and oxygen atoms in total. The van der Waals surface area contributed by atoms with Gasteiger partial charge in [0, 0.05) is 24.1 Å². The minimum absolute atomic E-state index is 0.261. The number of anilines is 1. The molecule has 2 aromatic rings. The van der Waals surface area contributed by atoms with Crippen LogP contribution in [0.2, 0.25) is 0 Å². The fourth-order valence-corrected chi connectivity index (χ4v) is 6.25. The van der Waals surface area contributed by atoms with Crippen LogP contribution in [0.5, 0.6) is 0 Å². The van der Waals surface area contributed by atoms with Crippen molar-refractivity contribution in [1.82, 2.24) is 10.2 Å². The van der Waals surface area contributed by atoms with Crippen LogP contribution >= 0.6 is 0 Å². The first kappa shape index (κ1) is 28.0. The number of carbonyl (C=O) groups is 3. The molecular weight excluding hydrogens is 504 g/mol. The van der Waals surface area contributed by atoms with E-state index in [4.69, 9.17) is 9.73 Å². The van der Waals surface area contributed by atoms with E-state index >= 15 is 0 Å². The molecule has 3 amide bonds. The number of amides is 3. The number of imide groups is 1. The molecule has 1 N–H and O–H groups in total. The summed E-state index contributed by atoms with van der Waals surface area (Å²) in [5.41, 5.74) is 2.18. The summed E-state index contributed by atoms with van der Waals surface area (Å²) in [6, 6.07) is 17.1. The van der Waals surface area contributed by atoms with Gasteiger partial charge in [-0.3, -0.25) is 9.59 Å². The Labute approximate surface area is 236 Å². The van der Waals surface area contributed by atoms with E-state index in [-0.39, 0.29) is 17.2 Å². The smallest absolute Gasteiger partial charge is 0.419 e. The highest BCUT2D eigenvalue weighted by molar-refractivity contribution is 6.20. The molecule has 8 heteroatoms. The second kappa shape index (κ2) is 11.2. The SMILES string of the molecule is CN1C(=O)[C@@H](N(C(=O)OC(C)(C)C)C(=O)C2CCC3(CCNCC3)CC2)N=C(c2ccccc2)c2ccccc21. The molecule has 1 spiro atoms. The lowest BCUT2D eigenvalue weighted by Gasteiger charge is -2.43. The lowest BCUT2D eigenvalue weighted by Crippen LogP contribution is -2.55. The molecule has 2 aromatic carbocycles. The number of fused-ring (bicyclic) bond motifs is 1. The maximum Gasteiger partial charge on any atom is 0.419 e. The Morgan fingerprint density at radius 1 is 0.975 bits per heavy atom. The van der Waals surface area contributed by atoms with Gasteiger partial charge >= 0.3 is 6.09 Å². The van der Waals surface area contributed by atoms with Gasteiger partial charge in [0.1, 0.15) is 5.60 Å². The molecule has 1 saturated carbocycles. The fourth-order valence-electron chi connectivity index (χ4n) is 6.25. The van der Waals surface area contributed by atoms with Gasteiger partial charge in [-0.2, -0.15) is 0 Å². The third kappa shape index (κ3) is 5.68. The molecule has 5 rings (SSSR count). The van der Waals surface area contributed by atoms with Gasteiger partial charge in [-0.1, -0.05) is 48.5 Å². The second-order valence-electron chi connectivity index (χ2n) is 12.3. The predicted octanol–water partition coefficient (Wildman–Crippen LogP) is 5.15. The van der Waals surface area contributed by atoms with Crippen LogP contribution in [0.4, 0.5) is 10.5 Å². The van der Waals surface area contributed by atoms with Crippen molar-refractivity contribution in [2.24, 2.45) is 16.3 Å². The quantitative estimate of drug-likeness (QED) is 0.577. The molecule has 2 aliphatic heterocycles. The standard InChI is InChI=1S/C32H40N4O4/c1-31(2,3)40-30(39)36(28(37)23-14-16-32(17-15-23)18-20-33-21-19-32)27-29(38)35(4)25-13-9-8-12-24(25)26(34-27)22-10-6-5-7-11-22/h5-13,23,27,33H,14-21H2,1-4H3/t27-/m1/s1. The molecular formula is C32H40N4O4. The van der Waals surface area contributed by atoms with Crippen LogP contribution < -0.4 is 10.2 Å². The van der Waals surface area contributed by atoms with Crippen LogP contribution in [0.1, 0.15) is 70.4 Å². The molecule has 40 heavy (non-hydrogen) atoms. The molecule has 0 radical (unpaired) electrons. The summed E-state index contributed by atoms with van der Waals surface area (Å²) in [6.07, 6.45) is 3.25. The molecule has 1 aliphatic carbocycles. The van der Waals surface area contributed by atoms with E-state index < -0.39 is 23.8 Å². The topological polar surface area (TPSA) is 91.3 Å². The number of rotatable bonds is 3. The van der Waals surface area contributed by atoms with Crippen molar-refractivity contribution in [3.8, 4) is 0 Å². The van der Waals surface area contributed by atoms with E-state index in [0.29, 0.717) is 24.2 Å². The summed E-state index contributed by atoms with van der Waals surface area (Å²) in [4.78, 5) is 49.4. The molecule has 0 bridgehead atoms. The Kier molecular flexibility index (Phi) is 7.82. The molecule has 1 saturated heterocycles. The summed E-state index contributed by atoms with van der Waals surface area (Å²) in [5, 5.41) is 3.44. The number of hydrogen-bond donors (Lipinski definition) is 1. The Morgan fingerprint density at radius 2 is 1.60 bits per heavy atom. The van der Waals surface area contributed by atoms with Gasteiger partial charge in [-0.15, -0.1) is 0 Å². The lowest BCUT2D eigenvalue weighted by molar-refractivity contribution is -0.143. The highest BCUT2D eigenvalue weighted by Gasteiger charge is 2.46. The number of piperidine rings is 1. The van der Waals surface area contributed by atoms with Crippen molar-refractivity contribution in [3.05, 3.63) is 65.7 Å². The number of nitrogens with zero attached hydrogens (tertiary/aromatic N) is 3. The Balaban J connectivity index is 1.55. The molecule has 212 valence electrons. The van der Waals surface area contributed by atoms with Crippen LogP contribution in [0.25, 0.3) is 0 Å². The maximum absolute atomic E-state index is 14.2. The summed E-state index contributed by atoms with van der Waals surface area (Å²) in [5.74, 6) is -1.21. The van der Waals surface area contributed by atoms with Crippen molar-refractivity contribution in [2.45, 2.75) is 71.1 Å². The van der Waals surface area contributed by atoms with E-state index in [1.165, 1.54) is 4.90 Å². The highest BCUT2D eigenvalue weighted by Crippen LogP contribution is 2.45. The number of carbonyl (C=O) groups excluding carboxylic acids is 3. The van der Waals surface area contributed by atoms with Crippen LogP contribution in [-0.2, 0) is 14.3 Å². The van der Waals surface area contributed by atoms with Crippen LogP contribution in [0, 0.1) is 11.3 Å². The molecule has 1 atom stereocenters. The minimum atomic E-state index is -1.38. The third-order valence-electron chi connectivity index (χ3n) is 8.50. The monoisotopic (exact) mass is 544 g/mol. The molecule has 2 fully saturated rings. The molecule has 3 aliphatic rings. The first-order chi connectivity index (χ1) is 19.1. The average molecular weight is 545 g/mol. The van der Waals surface area contributed by atoms with Gasteiger partial charge in [0.25, 0.3) is 5.91 Å². The van der Waals surface area contributed by atoms with Crippen molar-refractivity contribution >= 4 is 29.3 Å². The van der Waals surface area contributed by atoms with Crippen LogP contribution in [-0.4, -0.2) is 60.4 Å². The largest absolute Gasteiger partial charge is 0.443 e.